The minimum atomic E-state index is -0.146. The molecule has 1 aliphatic heterocycles. The molecule has 0 spiro atoms. The van der Waals surface area contributed by atoms with Crippen LogP contribution in [0, 0.1) is 6.92 Å². The standard InChI is InChI=1S/C26H23N3O3S/c1-17-4-2-3-5-22(17)24-8-6-19-14-20(7-9-23(19)32-24)31-26-29-16-21(33-26)15-28-25(30)18-10-12-27-13-11-18/h2-5,7,9-14,16,24H,6,8,15H2,1H3,(H,28,30). The third-order valence-corrected chi connectivity index (χ3v) is 6.49. The lowest BCUT2D eigenvalue weighted by molar-refractivity contribution is 0.0951. The van der Waals surface area contributed by atoms with Crippen molar-refractivity contribution in [2.45, 2.75) is 32.4 Å². The lowest BCUT2D eigenvalue weighted by atomic mass is 9.95. The Labute approximate surface area is 196 Å². The number of nitrogens with zero attached hydrogens (tertiary/aromatic N) is 2. The van der Waals surface area contributed by atoms with Gasteiger partial charge in [0.05, 0.1) is 6.54 Å². The summed E-state index contributed by atoms with van der Waals surface area (Å²) in [5.41, 5.74) is 4.21. The summed E-state index contributed by atoms with van der Waals surface area (Å²) in [5, 5.41) is 3.43. The molecule has 1 amide bonds. The van der Waals surface area contributed by atoms with Crippen LogP contribution in [-0.2, 0) is 13.0 Å². The van der Waals surface area contributed by atoms with Crippen LogP contribution in [-0.4, -0.2) is 15.9 Å². The van der Waals surface area contributed by atoms with E-state index in [2.05, 4.69) is 46.5 Å². The molecule has 1 atom stereocenters. The number of thiazole rings is 1. The number of fused-ring (bicyclic) bond motifs is 1. The third kappa shape index (κ3) is 4.88. The average Bonchev–Trinajstić information content (AvgIpc) is 3.30. The topological polar surface area (TPSA) is 73.3 Å². The molecule has 1 N–H and O–H groups in total. The van der Waals surface area contributed by atoms with Crippen LogP contribution in [0.15, 0.2) is 73.2 Å². The Morgan fingerprint density at radius 1 is 1.18 bits per heavy atom. The maximum atomic E-state index is 12.2. The summed E-state index contributed by atoms with van der Waals surface area (Å²) in [4.78, 5) is 21.4. The number of hydrogen-bond donors (Lipinski definition) is 1. The normalized spacial score (nSPS) is 14.8. The van der Waals surface area contributed by atoms with Gasteiger partial charge in [-0.3, -0.25) is 9.78 Å². The van der Waals surface area contributed by atoms with Crippen LogP contribution >= 0.6 is 11.3 Å². The van der Waals surface area contributed by atoms with E-state index in [9.17, 15) is 4.79 Å². The molecular weight excluding hydrogens is 434 g/mol. The Hall–Kier alpha value is -3.71. The molecule has 166 valence electrons. The summed E-state index contributed by atoms with van der Waals surface area (Å²) in [5.74, 6) is 1.49. The summed E-state index contributed by atoms with van der Waals surface area (Å²) in [7, 11) is 0. The number of carbonyl (C=O) groups excluding carboxylic acids is 1. The maximum absolute atomic E-state index is 12.2. The van der Waals surface area contributed by atoms with Gasteiger partial charge in [0.15, 0.2) is 0 Å². The van der Waals surface area contributed by atoms with Crippen molar-refractivity contribution in [1.82, 2.24) is 15.3 Å². The summed E-state index contributed by atoms with van der Waals surface area (Å²) in [6.45, 7) is 2.51. The molecule has 0 aliphatic carbocycles. The Bertz CT molecular complexity index is 1270. The molecule has 0 radical (unpaired) electrons. The monoisotopic (exact) mass is 457 g/mol. The van der Waals surface area contributed by atoms with E-state index in [0.29, 0.717) is 17.3 Å². The zero-order chi connectivity index (χ0) is 22.6. The predicted molar refractivity (Wildman–Crippen MR) is 127 cm³/mol. The minimum absolute atomic E-state index is 0.0781. The van der Waals surface area contributed by atoms with Gasteiger partial charge in [-0.15, -0.1) is 0 Å². The van der Waals surface area contributed by atoms with E-state index in [1.165, 1.54) is 22.5 Å². The lowest BCUT2D eigenvalue weighted by Gasteiger charge is -2.27. The van der Waals surface area contributed by atoms with Crippen molar-refractivity contribution in [3.63, 3.8) is 0 Å². The molecule has 33 heavy (non-hydrogen) atoms. The highest BCUT2D eigenvalue weighted by atomic mass is 32.1. The molecule has 0 fully saturated rings. The van der Waals surface area contributed by atoms with E-state index in [-0.39, 0.29) is 12.0 Å². The van der Waals surface area contributed by atoms with E-state index in [1.54, 1.807) is 30.7 Å². The number of benzene rings is 2. The van der Waals surface area contributed by atoms with Crippen molar-refractivity contribution < 1.29 is 14.3 Å². The molecule has 1 unspecified atom stereocenters. The van der Waals surface area contributed by atoms with Gasteiger partial charge in [0.1, 0.15) is 17.6 Å². The molecule has 1 aliphatic rings. The van der Waals surface area contributed by atoms with Crippen LogP contribution in [0.4, 0.5) is 0 Å². The number of hydrogen-bond acceptors (Lipinski definition) is 6. The van der Waals surface area contributed by atoms with Gasteiger partial charge in [-0.1, -0.05) is 35.6 Å². The smallest absolute Gasteiger partial charge is 0.278 e. The quantitative estimate of drug-likeness (QED) is 0.406. The Balaban J connectivity index is 1.20. The molecule has 7 heteroatoms. The van der Waals surface area contributed by atoms with Gasteiger partial charge in [0.25, 0.3) is 11.1 Å². The van der Waals surface area contributed by atoms with Crippen LogP contribution in [0.2, 0.25) is 0 Å². The molecule has 4 aromatic rings. The second-order valence-electron chi connectivity index (χ2n) is 7.88. The number of aromatic nitrogens is 2. The minimum Gasteiger partial charge on any atom is -0.485 e. The number of pyridine rings is 1. The second kappa shape index (κ2) is 9.42. The molecule has 2 aromatic heterocycles. The van der Waals surface area contributed by atoms with Crippen molar-refractivity contribution in [2.24, 2.45) is 0 Å². The number of amides is 1. The van der Waals surface area contributed by atoms with Gasteiger partial charge >= 0.3 is 0 Å². The van der Waals surface area contributed by atoms with Crippen molar-refractivity contribution in [3.8, 4) is 16.7 Å². The molecular formula is C26H23N3O3S. The van der Waals surface area contributed by atoms with Gasteiger partial charge in [-0.05, 0) is 66.8 Å². The summed E-state index contributed by atoms with van der Waals surface area (Å²) >= 11 is 1.41. The fourth-order valence-electron chi connectivity index (χ4n) is 3.89. The SMILES string of the molecule is Cc1ccccc1C1CCc2cc(Oc3ncc(CNC(=O)c4ccncc4)s3)ccc2O1. The van der Waals surface area contributed by atoms with E-state index < -0.39 is 0 Å². The zero-order valence-electron chi connectivity index (χ0n) is 18.2. The summed E-state index contributed by atoms with van der Waals surface area (Å²) in [6, 6.07) is 17.6. The van der Waals surface area contributed by atoms with Crippen molar-refractivity contribution >= 4 is 17.2 Å². The largest absolute Gasteiger partial charge is 0.485 e. The van der Waals surface area contributed by atoms with Crippen LogP contribution in [0.1, 0.15) is 44.5 Å². The average molecular weight is 458 g/mol. The van der Waals surface area contributed by atoms with Gasteiger partial charge in [0.2, 0.25) is 0 Å². The van der Waals surface area contributed by atoms with Crippen LogP contribution in [0.25, 0.3) is 0 Å². The van der Waals surface area contributed by atoms with E-state index in [4.69, 9.17) is 9.47 Å². The third-order valence-electron chi connectivity index (χ3n) is 5.62. The number of carbonyl (C=O) groups is 1. The van der Waals surface area contributed by atoms with Gasteiger partial charge in [-0.25, -0.2) is 4.98 Å². The fourth-order valence-corrected chi connectivity index (χ4v) is 4.60. The Kier molecular flexibility index (Phi) is 6.04. The first kappa shape index (κ1) is 21.2. The van der Waals surface area contributed by atoms with Crippen LogP contribution < -0.4 is 14.8 Å². The molecule has 0 saturated carbocycles. The first-order valence-electron chi connectivity index (χ1n) is 10.8. The Morgan fingerprint density at radius 2 is 2.03 bits per heavy atom. The van der Waals surface area contributed by atoms with Gasteiger partial charge < -0.3 is 14.8 Å². The number of nitrogens with one attached hydrogen (secondary N) is 1. The van der Waals surface area contributed by atoms with Gasteiger partial charge in [-0.2, -0.15) is 0 Å². The fraction of sp³-hybridized carbons (Fsp3) is 0.192. The molecule has 2 aromatic carbocycles. The molecule has 6 nitrogen and oxygen atoms in total. The molecule has 3 heterocycles. The highest BCUT2D eigenvalue weighted by molar-refractivity contribution is 7.13. The van der Waals surface area contributed by atoms with Crippen molar-refractivity contribution in [2.75, 3.05) is 0 Å². The predicted octanol–water partition coefficient (Wildman–Crippen LogP) is 5.64. The van der Waals surface area contributed by atoms with Crippen LogP contribution in [0.5, 0.6) is 16.7 Å². The highest BCUT2D eigenvalue weighted by Gasteiger charge is 2.23. The number of aryl methyl sites for hydroxylation is 2. The summed E-state index contributed by atoms with van der Waals surface area (Å²) in [6.07, 6.45) is 6.85. The van der Waals surface area contributed by atoms with Crippen LogP contribution in [0.3, 0.4) is 0 Å². The summed E-state index contributed by atoms with van der Waals surface area (Å²) < 4.78 is 12.3. The molecule has 0 saturated heterocycles. The van der Waals surface area contributed by atoms with E-state index in [0.717, 1.165) is 34.8 Å². The highest BCUT2D eigenvalue weighted by Crippen LogP contribution is 2.38. The first-order chi connectivity index (χ1) is 16.2. The second-order valence-corrected chi connectivity index (χ2v) is 8.96. The molecule has 0 bridgehead atoms. The van der Waals surface area contributed by atoms with Crippen molar-refractivity contribution in [3.05, 3.63) is 100 Å². The van der Waals surface area contributed by atoms with Gasteiger partial charge in [0, 0.05) is 29.0 Å². The number of ether oxygens (including phenoxy) is 2. The van der Waals surface area contributed by atoms with Crippen molar-refractivity contribution in [1.29, 1.82) is 0 Å². The lowest BCUT2D eigenvalue weighted by Crippen LogP contribution is -2.22. The first-order valence-corrected chi connectivity index (χ1v) is 11.6. The molecule has 5 rings (SSSR count). The zero-order valence-corrected chi connectivity index (χ0v) is 19.0. The van der Waals surface area contributed by atoms with E-state index in [1.807, 2.05) is 18.2 Å². The number of rotatable bonds is 6. The van der Waals surface area contributed by atoms with E-state index >= 15 is 0 Å². The Morgan fingerprint density at radius 3 is 2.88 bits per heavy atom. The maximum Gasteiger partial charge on any atom is 0.278 e.